The second-order valence-corrected chi connectivity index (χ2v) is 3.96. The average Bonchev–Trinajstić information content (AvgIpc) is 2.62. The number of nitrogens with one attached hydrogen (secondary N) is 1. The summed E-state index contributed by atoms with van der Waals surface area (Å²) in [4.78, 5) is 22.0. The smallest absolute Gasteiger partial charge is 0.313 e. The molecule has 1 saturated heterocycles. The Morgan fingerprint density at radius 2 is 2.12 bits per heavy atom. The van der Waals surface area contributed by atoms with Gasteiger partial charge < -0.3 is 15.1 Å². The van der Waals surface area contributed by atoms with Crippen molar-refractivity contribution in [2.45, 2.75) is 0 Å². The summed E-state index contributed by atoms with van der Waals surface area (Å²) >= 11 is 11.4. The van der Waals surface area contributed by atoms with Crippen LogP contribution in [0.5, 0.6) is 0 Å². The highest BCUT2D eigenvalue weighted by Gasteiger charge is 2.20. The van der Waals surface area contributed by atoms with Crippen molar-refractivity contribution >= 4 is 29.3 Å². The normalized spacial score (nSPS) is 16.2. The molecule has 1 aliphatic rings. The summed E-state index contributed by atoms with van der Waals surface area (Å²) in [6.07, 6.45) is 0.831. The Kier molecular flexibility index (Phi) is 3.52. The third-order valence-corrected chi connectivity index (χ3v) is 2.69. The van der Waals surface area contributed by atoms with Crippen molar-refractivity contribution in [1.82, 2.24) is 19.9 Å². The number of carbonyl (C=O) groups is 1. The number of nitrogens with zero attached hydrogens (tertiary/aromatic N) is 3. The number of carbonyl (C=O) groups excluding carboxylic acids is 1. The van der Waals surface area contributed by atoms with Gasteiger partial charge in [0.25, 0.3) is 0 Å². The zero-order valence-electron chi connectivity index (χ0n) is 8.32. The minimum atomic E-state index is -0.483. The monoisotopic (exact) mass is 264 g/mol. The van der Waals surface area contributed by atoms with Crippen LogP contribution in [0, 0.1) is 0 Å². The van der Waals surface area contributed by atoms with Crippen molar-refractivity contribution in [3.05, 3.63) is 16.6 Å². The van der Waals surface area contributed by atoms with Crippen LogP contribution in [0.3, 0.4) is 0 Å². The van der Waals surface area contributed by atoms with E-state index in [9.17, 15) is 4.79 Å². The summed E-state index contributed by atoms with van der Waals surface area (Å²) in [5.41, 5.74) is 0. The number of halogens is 2. The van der Waals surface area contributed by atoms with Crippen LogP contribution >= 0.6 is 23.2 Å². The summed E-state index contributed by atoms with van der Waals surface area (Å²) in [7, 11) is 0. The van der Waals surface area contributed by atoms with Gasteiger partial charge in [0.1, 0.15) is 0 Å². The maximum absolute atomic E-state index is 11.7. The van der Waals surface area contributed by atoms with Gasteiger partial charge >= 0.3 is 6.09 Å². The Morgan fingerprint density at radius 1 is 1.44 bits per heavy atom. The molecule has 0 bridgehead atoms. The van der Waals surface area contributed by atoms with Crippen LogP contribution < -0.4 is 10.2 Å². The lowest BCUT2D eigenvalue weighted by atomic mass is 10.4. The van der Waals surface area contributed by atoms with E-state index >= 15 is 0 Å². The molecule has 0 unspecified atom stereocenters. The Morgan fingerprint density at radius 3 is 2.69 bits per heavy atom. The minimum absolute atomic E-state index is 0.0217. The lowest BCUT2D eigenvalue weighted by Gasteiger charge is -2.26. The molecule has 1 aromatic rings. The molecule has 0 aliphatic carbocycles. The molecule has 0 atom stereocenters. The molecular weight excluding hydrogens is 255 g/mol. The molecule has 88 valence electrons. The van der Waals surface area contributed by atoms with E-state index in [4.69, 9.17) is 28.0 Å². The molecule has 0 aromatic carbocycles. The Hall–Kier alpha value is -0.980. The highest BCUT2D eigenvalue weighted by atomic mass is 35.5. The maximum atomic E-state index is 11.7. The molecule has 1 aromatic heterocycles. The molecule has 1 amide bonds. The Balaban J connectivity index is 2.01. The molecule has 0 saturated carbocycles. The van der Waals surface area contributed by atoms with Crippen molar-refractivity contribution in [2.24, 2.45) is 0 Å². The molecule has 1 aliphatic heterocycles. The van der Waals surface area contributed by atoms with Crippen molar-refractivity contribution in [2.75, 3.05) is 26.2 Å². The quantitative estimate of drug-likeness (QED) is 0.809. The second kappa shape index (κ2) is 4.90. The zero-order chi connectivity index (χ0) is 11.5. The number of hydrogen-bond acceptors (Lipinski definition) is 4. The van der Waals surface area contributed by atoms with E-state index in [1.807, 2.05) is 0 Å². The number of piperazine rings is 1. The minimum Gasteiger partial charge on any atom is -0.313 e. The Labute approximate surface area is 102 Å². The van der Waals surface area contributed by atoms with Crippen molar-refractivity contribution in [3.63, 3.8) is 0 Å². The van der Waals surface area contributed by atoms with Gasteiger partial charge in [0, 0.05) is 26.2 Å². The van der Waals surface area contributed by atoms with Gasteiger partial charge in [-0.25, -0.2) is 9.78 Å². The fourth-order valence-electron chi connectivity index (χ4n) is 1.36. The van der Waals surface area contributed by atoms with E-state index in [2.05, 4.69) is 10.3 Å². The third-order valence-electron chi connectivity index (χ3n) is 2.18. The van der Waals surface area contributed by atoms with Crippen LogP contribution in [0.4, 0.5) is 4.79 Å². The van der Waals surface area contributed by atoms with Gasteiger partial charge in [-0.1, -0.05) is 11.6 Å². The lowest BCUT2D eigenvalue weighted by Crippen LogP contribution is -2.48. The van der Waals surface area contributed by atoms with E-state index in [1.54, 1.807) is 4.90 Å². The first-order valence-corrected chi connectivity index (χ1v) is 5.51. The first kappa shape index (κ1) is 11.5. The number of aromatic nitrogens is 2. The number of imidazole rings is 1. The van der Waals surface area contributed by atoms with Gasteiger partial charge in [0.05, 0.1) is 6.20 Å². The fourth-order valence-corrected chi connectivity index (χ4v) is 1.75. The summed E-state index contributed by atoms with van der Waals surface area (Å²) in [5, 5.41) is 3.31. The second-order valence-electron chi connectivity index (χ2n) is 3.24. The standard InChI is InChI=1S/C8H10Cl2N4O2/c9-6-5-12-7(10)14(6)16-8(15)13-3-1-11-2-4-13/h5,11H,1-4H2. The van der Waals surface area contributed by atoms with E-state index < -0.39 is 6.09 Å². The topological polar surface area (TPSA) is 59.4 Å². The molecule has 1 fully saturated rings. The average molecular weight is 265 g/mol. The summed E-state index contributed by atoms with van der Waals surface area (Å²) < 4.78 is 0.994. The molecule has 8 heteroatoms. The highest BCUT2D eigenvalue weighted by molar-refractivity contribution is 6.32. The molecular formula is C8H10Cl2N4O2. The van der Waals surface area contributed by atoms with Gasteiger partial charge in [0.2, 0.25) is 5.28 Å². The van der Waals surface area contributed by atoms with Gasteiger partial charge in [-0.15, -0.1) is 4.73 Å². The van der Waals surface area contributed by atoms with Crippen molar-refractivity contribution < 1.29 is 9.63 Å². The zero-order valence-corrected chi connectivity index (χ0v) is 9.83. The van der Waals surface area contributed by atoms with Gasteiger partial charge in [-0.05, 0) is 11.6 Å². The van der Waals surface area contributed by atoms with Gasteiger partial charge in [-0.2, -0.15) is 0 Å². The van der Waals surface area contributed by atoms with Crippen LogP contribution in [0.25, 0.3) is 0 Å². The molecule has 0 radical (unpaired) electrons. The van der Waals surface area contributed by atoms with Crippen molar-refractivity contribution in [3.8, 4) is 0 Å². The number of rotatable bonds is 1. The molecule has 0 spiro atoms. The van der Waals surface area contributed by atoms with Gasteiger partial charge in [0.15, 0.2) is 5.15 Å². The Bertz CT molecular complexity index is 370. The van der Waals surface area contributed by atoms with Crippen LogP contribution in [0.2, 0.25) is 10.4 Å². The molecule has 6 nitrogen and oxygen atoms in total. The number of amides is 1. The molecule has 1 N–H and O–H groups in total. The van der Waals surface area contributed by atoms with E-state index in [0.29, 0.717) is 13.1 Å². The van der Waals surface area contributed by atoms with E-state index in [-0.39, 0.29) is 10.4 Å². The van der Waals surface area contributed by atoms with Crippen LogP contribution in [-0.2, 0) is 0 Å². The highest BCUT2D eigenvalue weighted by Crippen LogP contribution is 2.14. The molecule has 2 rings (SSSR count). The van der Waals surface area contributed by atoms with Crippen molar-refractivity contribution in [1.29, 1.82) is 0 Å². The summed E-state index contributed by atoms with van der Waals surface area (Å²) in [5.74, 6) is 0. The maximum Gasteiger partial charge on any atom is 0.434 e. The summed E-state index contributed by atoms with van der Waals surface area (Å²) in [6, 6.07) is 0. The molecule has 2 heterocycles. The van der Waals surface area contributed by atoms with Gasteiger partial charge in [-0.3, -0.25) is 0 Å². The van der Waals surface area contributed by atoms with Crippen LogP contribution in [-0.4, -0.2) is 46.9 Å². The first-order chi connectivity index (χ1) is 7.68. The van der Waals surface area contributed by atoms with Crippen LogP contribution in [0.1, 0.15) is 0 Å². The largest absolute Gasteiger partial charge is 0.434 e. The van der Waals surface area contributed by atoms with E-state index in [1.165, 1.54) is 6.20 Å². The molecule has 16 heavy (non-hydrogen) atoms. The van der Waals surface area contributed by atoms with Crippen LogP contribution in [0.15, 0.2) is 6.20 Å². The fraction of sp³-hybridized carbons (Fsp3) is 0.500. The third kappa shape index (κ3) is 2.40. The summed E-state index contributed by atoms with van der Waals surface area (Å²) in [6.45, 7) is 2.70. The predicted octanol–water partition coefficient (Wildman–Crippen LogP) is 0.644. The number of hydrogen-bond donors (Lipinski definition) is 1. The predicted molar refractivity (Wildman–Crippen MR) is 58.7 cm³/mol. The SMILES string of the molecule is O=C(On1c(Cl)cnc1Cl)N1CCNCC1. The lowest BCUT2D eigenvalue weighted by molar-refractivity contribution is 0.0885. The first-order valence-electron chi connectivity index (χ1n) is 4.75. The van der Waals surface area contributed by atoms with E-state index in [0.717, 1.165) is 17.8 Å².